The summed E-state index contributed by atoms with van der Waals surface area (Å²) >= 11 is 17.6. The monoisotopic (exact) mass is 489 g/mol. The van der Waals surface area contributed by atoms with E-state index < -0.39 is 0 Å². The summed E-state index contributed by atoms with van der Waals surface area (Å²) in [6.07, 6.45) is 1.22. The van der Waals surface area contributed by atoms with Crippen molar-refractivity contribution in [3.05, 3.63) is 58.4 Å². The van der Waals surface area contributed by atoms with Crippen LogP contribution >= 0.6 is 35.4 Å². The van der Waals surface area contributed by atoms with Crippen LogP contribution in [0.4, 0.5) is 11.8 Å². The van der Waals surface area contributed by atoms with Crippen LogP contribution < -0.4 is 15.5 Å². The highest BCUT2D eigenvalue weighted by atomic mass is 35.5. The van der Waals surface area contributed by atoms with Gasteiger partial charge in [-0.15, -0.1) is 0 Å². The molecule has 1 fully saturated rings. The van der Waals surface area contributed by atoms with Crippen LogP contribution in [-0.4, -0.2) is 28.2 Å². The normalized spacial score (nSPS) is 18.4. The van der Waals surface area contributed by atoms with Gasteiger partial charge in [-0.1, -0.05) is 37.0 Å². The van der Waals surface area contributed by atoms with Gasteiger partial charge >= 0.3 is 0 Å². The van der Waals surface area contributed by atoms with Crippen molar-refractivity contribution in [1.29, 1.82) is 0 Å². The molecule has 0 aliphatic carbocycles. The molecule has 4 rings (SSSR count). The second kappa shape index (κ2) is 10.1. The Morgan fingerprint density at radius 3 is 2.53 bits per heavy atom. The van der Waals surface area contributed by atoms with Gasteiger partial charge in [0.05, 0.1) is 6.54 Å². The van der Waals surface area contributed by atoms with Crippen molar-refractivity contribution in [2.75, 3.05) is 23.3 Å². The summed E-state index contributed by atoms with van der Waals surface area (Å²) in [4.78, 5) is 11.2. The minimum atomic E-state index is 0.372. The van der Waals surface area contributed by atoms with E-state index in [4.69, 9.17) is 39.8 Å². The number of hydrogen-bond acceptors (Lipinski definition) is 5. The number of hydrogen-bond donors (Lipinski definition) is 2. The first kappa shape index (κ1) is 22.8. The number of thiocarbonyl (C=S) groups is 1. The van der Waals surface area contributed by atoms with Gasteiger partial charge in [-0.2, -0.15) is 4.98 Å². The predicted octanol–water partition coefficient (Wildman–Crippen LogP) is 6.01. The minimum absolute atomic E-state index is 0.372. The highest BCUT2D eigenvalue weighted by Gasteiger charge is 2.23. The fraction of sp³-hybridized carbons (Fsp3) is 0.348. The third-order valence-corrected chi connectivity index (χ3v) is 6.01. The summed E-state index contributed by atoms with van der Waals surface area (Å²) < 4.78 is 5.90. The Labute approximate surface area is 203 Å². The lowest BCUT2D eigenvalue weighted by Gasteiger charge is -2.35. The van der Waals surface area contributed by atoms with Gasteiger partial charge < -0.3 is 20.0 Å². The van der Waals surface area contributed by atoms with E-state index in [0.29, 0.717) is 39.6 Å². The molecule has 2 aromatic heterocycles. The van der Waals surface area contributed by atoms with E-state index in [9.17, 15) is 0 Å². The summed E-state index contributed by atoms with van der Waals surface area (Å²) in [7, 11) is 0. The summed E-state index contributed by atoms with van der Waals surface area (Å²) in [6, 6.07) is 13.1. The average molecular weight is 490 g/mol. The Hall–Kier alpha value is -2.35. The zero-order valence-electron chi connectivity index (χ0n) is 17.9. The maximum absolute atomic E-state index is 6.26. The Balaban J connectivity index is 1.36. The van der Waals surface area contributed by atoms with E-state index >= 15 is 0 Å². The third kappa shape index (κ3) is 5.91. The van der Waals surface area contributed by atoms with Crippen molar-refractivity contribution in [2.45, 2.75) is 26.8 Å². The van der Waals surface area contributed by atoms with Crippen LogP contribution in [0.3, 0.4) is 0 Å². The Kier molecular flexibility index (Phi) is 7.18. The number of halogens is 2. The minimum Gasteiger partial charge on any atom is -0.459 e. The van der Waals surface area contributed by atoms with Gasteiger partial charge in [-0.25, -0.2) is 4.98 Å². The molecule has 0 amide bonds. The molecule has 3 heterocycles. The Morgan fingerprint density at radius 1 is 1.09 bits per heavy atom. The number of nitrogens with one attached hydrogen (secondary N) is 2. The van der Waals surface area contributed by atoms with Crippen molar-refractivity contribution >= 4 is 52.3 Å². The van der Waals surface area contributed by atoms with Gasteiger partial charge in [-0.3, -0.25) is 0 Å². The zero-order chi connectivity index (χ0) is 22.7. The quantitative estimate of drug-likeness (QED) is 0.335. The fourth-order valence-corrected chi connectivity index (χ4v) is 4.50. The number of rotatable bonds is 5. The van der Waals surface area contributed by atoms with Crippen molar-refractivity contribution in [3.8, 4) is 11.3 Å². The molecule has 0 spiro atoms. The zero-order valence-corrected chi connectivity index (χ0v) is 20.3. The fourth-order valence-electron chi connectivity index (χ4n) is 4.03. The average Bonchev–Trinajstić information content (AvgIpc) is 3.21. The SMILES string of the molecule is C[C@@H]1C[C@@H](C)CN(c2cc(Cl)nc(NC(=S)NCc3ccc(-c4ccc(Cl)cc4)o3)n2)C1. The highest BCUT2D eigenvalue weighted by molar-refractivity contribution is 7.80. The topological polar surface area (TPSA) is 66.2 Å². The maximum atomic E-state index is 6.26. The molecule has 2 atom stereocenters. The van der Waals surface area contributed by atoms with Crippen LogP contribution in [0.25, 0.3) is 11.3 Å². The van der Waals surface area contributed by atoms with Crippen LogP contribution in [0, 0.1) is 11.8 Å². The lowest BCUT2D eigenvalue weighted by atomic mass is 9.92. The number of furan rings is 1. The Morgan fingerprint density at radius 2 is 1.81 bits per heavy atom. The molecular weight excluding hydrogens is 465 g/mol. The molecule has 1 aliphatic heterocycles. The largest absolute Gasteiger partial charge is 0.459 e. The highest BCUT2D eigenvalue weighted by Crippen LogP contribution is 2.27. The second-order valence-corrected chi connectivity index (χ2v) is 9.54. The molecule has 168 valence electrons. The number of piperidine rings is 1. The lowest BCUT2D eigenvalue weighted by molar-refractivity contribution is 0.355. The maximum Gasteiger partial charge on any atom is 0.232 e. The van der Waals surface area contributed by atoms with Gasteiger partial charge in [0, 0.05) is 29.7 Å². The van der Waals surface area contributed by atoms with E-state index in [0.717, 1.165) is 36.0 Å². The van der Waals surface area contributed by atoms with Crippen LogP contribution in [-0.2, 0) is 6.54 Å². The van der Waals surface area contributed by atoms with Crippen LogP contribution in [0.2, 0.25) is 10.2 Å². The molecular formula is C23H25Cl2N5OS. The van der Waals surface area contributed by atoms with Crippen LogP contribution in [0.5, 0.6) is 0 Å². The van der Waals surface area contributed by atoms with Crippen molar-refractivity contribution in [1.82, 2.24) is 15.3 Å². The number of nitrogens with zero attached hydrogens (tertiary/aromatic N) is 3. The van der Waals surface area contributed by atoms with E-state index in [-0.39, 0.29) is 0 Å². The summed E-state index contributed by atoms with van der Waals surface area (Å²) in [5.41, 5.74) is 0.961. The predicted molar refractivity (Wildman–Crippen MR) is 134 cm³/mol. The molecule has 3 aromatic rings. The van der Waals surface area contributed by atoms with Crippen molar-refractivity contribution in [2.24, 2.45) is 11.8 Å². The van der Waals surface area contributed by atoms with Gasteiger partial charge in [-0.05, 0) is 66.9 Å². The molecule has 1 saturated heterocycles. The van der Waals surface area contributed by atoms with E-state index in [1.807, 2.05) is 36.4 Å². The number of aromatic nitrogens is 2. The van der Waals surface area contributed by atoms with Gasteiger partial charge in [0.15, 0.2) is 5.11 Å². The van der Waals surface area contributed by atoms with Crippen LogP contribution in [0.1, 0.15) is 26.0 Å². The van der Waals surface area contributed by atoms with Gasteiger partial charge in [0.25, 0.3) is 0 Å². The summed E-state index contributed by atoms with van der Waals surface area (Å²) in [5.74, 6) is 3.92. The third-order valence-electron chi connectivity index (χ3n) is 5.31. The van der Waals surface area contributed by atoms with E-state index in [2.05, 4.69) is 39.3 Å². The smallest absolute Gasteiger partial charge is 0.232 e. The summed E-state index contributed by atoms with van der Waals surface area (Å²) in [6.45, 7) is 6.85. The first-order valence-corrected chi connectivity index (χ1v) is 11.7. The first-order valence-electron chi connectivity index (χ1n) is 10.5. The van der Waals surface area contributed by atoms with Gasteiger partial charge in [0.2, 0.25) is 5.95 Å². The lowest BCUT2D eigenvalue weighted by Crippen LogP contribution is -2.39. The van der Waals surface area contributed by atoms with Gasteiger partial charge in [0.1, 0.15) is 22.5 Å². The molecule has 1 aromatic carbocycles. The Bertz CT molecular complexity index is 1080. The van der Waals surface area contributed by atoms with E-state index in [1.54, 1.807) is 6.07 Å². The van der Waals surface area contributed by atoms with Crippen molar-refractivity contribution in [3.63, 3.8) is 0 Å². The molecule has 0 radical (unpaired) electrons. The molecule has 1 aliphatic rings. The standard InChI is InChI=1S/C23H25Cl2N5OS/c1-14-9-15(2)13-30(12-14)21-10-20(25)27-22(28-21)29-23(32)26-11-18-7-8-19(31-18)16-3-5-17(24)6-4-16/h3-8,10,14-15H,9,11-13H2,1-2H3,(H2,26,27,28,29,32)/t14-,15-/m1/s1. The molecule has 6 nitrogen and oxygen atoms in total. The van der Waals surface area contributed by atoms with E-state index in [1.165, 1.54) is 6.42 Å². The molecule has 0 bridgehead atoms. The molecule has 9 heteroatoms. The first-order chi connectivity index (χ1) is 15.4. The number of anilines is 2. The van der Waals surface area contributed by atoms with Crippen LogP contribution in [0.15, 0.2) is 46.9 Å². The molecule has 0 saturated carbocycles. The molecule has 0 unspecified atom stereocenters. The number of benzene rings is 1. The molecule has 2 N–H and O–H groups in total. The summed E-state index contributed by atoms with van der Waals surface area (Å²) in [5, 5.41) is 7.61. The van der Waals surface area contributed by atoms with Crippen molar-refractivity contribution < 1.29 is 4.42 Å². The molecule has 32 heavy (non-hydrogen) atoms. The second-order valence-electron chi connectivity index (χ2n) is 8.30.